The zero-order valence-electron chi connectivity index (χ0n) is 14.3. The van der Waals surface area contributed by atoms with Gasteiger partial charge in [-0.05, 0) is 47.0 Å². The SMILES string of the molecule is CCCC(C)(CO)NC(=O)NC1CCN(C(C)(C)C)CC1. The number of amides is 2. The van der Waals surface area contributed by atoms with Gasteiger partial charge in [-0.25, -0.2) is 4.79 Å². The van der Waals surface area contributed by atoms with Crippen LogP contribution in [0.5, 0.6) is 0 Å². The van der Waals surface area contributed by atoms with Gasteiger partial charge in [-0.15, -0.1) is 0 Å². The number of aliphatic hydroxyl groups excluding tert-OH is 1. The molecule has 124 valence electrons. The van der Waals surface area contributed by atoms with E-state index in [2.05, 4.69) is 43.2 Å². The summed E-state index contributed by atoms with van der Waals surface area (Å²) in [6, 6.07) is 0.0716. The highest BCUT2D eigenvalue weighted by Gasteiger charge is 2.29. The van der Waals surface area contributed by atoms with E-state index < -0.39 is 5.54 Å². The number of rotatable bonds is 5. The maximum atomic E-state index is 12.1. The minimum atomic E-state index is -0.523. The van der Waals surface area contributed by atoms with Crippen molar-refractivity contribution in [1.82, 2.24) is 15.5 Å². The van der Waals surface area contributed by atoms with E-state index in [4.69, 9.17) is 0 Å². The van der Waals surface area contributed by atoms with E-state index in [0.29, 0.717) is 0 Å². The fourth-order valence-electron chi connectivity index (χ4n) is 2.92. The van der Waals surface area contributed by atoms with Crippen molar-refractivity contribution in [3.8, 4) is 0 Å². The van der Waals surface area contributed by atoms with E-state index in [9.17, 15) is 9.90 Å². The molecule has 0 aromatic heterocycles. The molecule has 3 N–H and O–H groups in total. The number of piperidine rings is 1. The van der Waals surface area contributed by atoms with Gasteiger partial charge in [0.25, 0.3) is 0 Å². The Morgan fingerprint density at radius 3 is 2.24 bits per heavy atom. The minimum absolute atomic E-state index is 0.0310. The Morgan fingerprint density at radius 1 is 1.24 bits per heavy atom. The van der Waals surface area contributed by atoms with Gasteiger partial charge in [0.15, 0.2) is 0 Å². The highest BCUT2D eigenvalue weighted by Crippen LogP contribution is 2.20. The lowest BCUT2D eigenvalue weighted by Gasteiger charge is -2.41. The van der Waals surface area contributed by atoms with Gasteiger partial charge in [-0.3, -0.25) is 4.90 Å². The molecule has 5 nitrogen and oxygen atoms in total. The lowest BCUT2D eigenvalue weighted by Crippen LogP contribution is -2.56. The molecule has 0 saturated carbocycles. The van der Waals surface area contributed by atoms with Crippen LogP contribution in [-0.4, -0.2) is 52.9 Å². The number of likely N-dealkylation sites (tertiary alicyclic amines) is 1. The summed E-state index contributed by atoms with van der Waals surface area (Å²) < 4.78 is 0. The first-order valence-corrected chi connectivity index (χ1v) is 8.15. The molecule has 0 aliphatic carbocycles. The second kappa shape index (κ2) is 7.45. The van der Waals surface area contributed by atoms with Gasteiger partial charge in [0, 0.05) is 24.7 Å². The van der Waals surface area contributed by atoms with Crippen LogP contribution < -0.4 is 10.6 Å². The van der Waals surface area contributed by atoms with Crippen LogP contribution in [0, 0.1) is 0 Å². The van der Waals surface area contributed by atoms with E-state index in [0.717, 1.165) is 38.8 Å². The Balaban J connectivity index is 2.40. The summed E-state index contributed by atoms with van der Waals surface area (Å²) in [5.41, 5.74) is -0.325. The molecule has 21 heavy (non-hydrogen) atoms. The Kier molecular flexibility index (Phi) is 6.47. The number of aliphatic hydroxyl groups is 1. The highest BCUT2D eigenvalue weighted by molar-refractivity contribution is 5.75. The van der Waals surface area contributed by atoms with Crippen LogP contribution in [0.4, 0.5) is 4.79 Å². The van der Waals surface area contributed by atoms with Crippen LogP contribution >= 0.6 is 0 Å². The molecule has 0 spiro atoms. The Labute approximate surface area is 129 Å². The molecule has 2 amide bonds. The van der Waals surface area contributed by atoms with Crippen molar-refractivity contribution in [1.29, 1.82) is 0 Å². The third kappa shape index (κ3) is 5.83. The summed E-state index contributed by atoms with van der Waals surface area (Å²) in [5.74, 6) is 0. The van der Waals surface area contributed by atoms with Crippen LogP contribution in [0.3, 0.4) is 0 Å². The fourth-order valence-corrected chi connectivity index (χ4v) is 2.92. The molecular formula is C16H33N3O2. The summed E-state index contributed by atoms with van der Waals surface area (Å²) in [6.45, 7) is 12.6. The zero-order chi connectivity index (χ0) is 16.1. The second-order valence-corrected chi connectivity index (χ2v) is 7.50. The smallest absolute Gasteiger partial charge is 0.315 e. The topological polar surface area (TPSA) is 64.6 Å². The number of hydrogen-bond acceptors (Lipinski definition) is 3. The lowest BCUT2D eigenvalue weighted by molar-refractivity contribution is 0.0967. The molecule has 5 heteroatoms. The number of nitrogens with one attached hydrogen (secondary N) is 2. The van der Waals surface area contributed by atoms with Crippen molar-refractivity contribution < 1.29 is 9.90 Å². The quantitative estimate of drug-likeness (QED) is 0.728. The van der Waals surface area contributed by atoms with Gasteiger partial charge in [0.2, 0.25) is 0 Å². The van der Waals surface area contributed by atoms with E-state index in [-0.39, 0.29) is 24.2 Å². The maximum Gasteiger partial charge on any atom is 0.315 e. The molecular weight excluding hydrogens is 266 g/mol. The molecule has 0 radical (unpaired) electrons. The molecule has 0 aromatic carbocycles. The van der Waals surface area contributed by atoms with Crippen LogP contribution in [0.1, 0.15) is 60.3 Å². The number of nitrogens with zero attached hydrogens (tertiary/aromatic N) is 1. The first kappa shape index (κ1) is 18.2. The summed E-state index contributed by atoms with van der Waals surface area (Å²) >= 11 is 0. The summed E-state index contributed by atoms with van der Waals surface area (Å²) in [7, 11) is 0. The molecule has 1 aliphatic heterocycles. The average Bonchev–Trinajstić information content (AvgIpc) is 2.38. The molecule has 1 heterocycles. The number of hydrogen-bond donors (Lipinski definition) is 3. The first-order valence-electron chi connectivity index (χ1n) is 8.15. The van der Waals surface area contributed by atoms with Crippen molar-refractivity contribution in [2.45, 2.75) is 77.4 Å². The van der Waals surface area contributed by atoms with Crippen LogP contribution in [0.25, 0.3) is 0 Å². The first-order chi connectivity index (χ1) is 9.70. The number of carbonyl (C=O) groups excluding carboxylic acids is 1. The van der Waals surface area contributed by atoms with Crippen molar-refractivity contribution in [3.05, 3.63) is 0 Å². The molecule has 0 bridgehead atoms. The Bertz CT molecular complexity index is 333. The summed E-state index contributed by atoms with van der Waals surface area (Å²) in [6.07, 6.45) is 3.67. The minimum Gasteiger partial charge on any atom is -0.394 e. The van der Waals surface area contributed by atoms with Crippen molar-refractivity contribution in [3.63, 3.8) is 0 Å². The van der Waals surface area contributed by atoms with Crippen LogP contribution in [-0.2, 0) is 0 Å². The second-order valence-electron chi connectivity index (χ2n) is 7.50. The van der Waals surface area contributed by atoms with Gasteiger partial charge in [-0.1, -0.05) is 13.3 Å². The molecule has 1 atom stereocenters. The highest BCUT2D eigenvalue weighted by atomic mass is 16.3. The monoisotopic (exact) mass is 299 g/mol. The Hall–Kier alpha value is -0.810. The van der Waals surface area contributed by atoms with Gasteiger partial charge >= 0.3 is 6.03 Å². The summed E-state index contributed by atoms with van der Waals surface area (Å²) in [5, 5.41) is 15.4. The average molecular weight is 299 g/mol. The molecule has 1 fully saturated rings. The van der Waals surface area contributed by atoms with E-state index >= 15 is 0 Å². The third-order valence-corrected chi connectivity index (χ3v) is 4.34. The largest absolute Gasteiger partial charge is 0.394 e. The van der Waals surface area contributed by atoms with Gasteiger partial charge < -0.3 is 15.7 Å². The molecule has 1 unspecified atom stereocenters. The standard InChI is InChI=1S/C16H33N3O2/c1-6-9-16(5,12-20)18-14(21)17-13-7-10-19(11-8-13)15(2,3)4/h13,20H,6-12H2,1-5H3,(H2,17,18,21). The molecule has 1 aliphatic rings. The Morgan fingerprint density at radius 2 is 1.81 bits per heavy atom. The van der Waals surface area contributed by atoms with Crippen LogP contribution in [0.2, 0.25) is 0 Å². The fraction of sp³-hybridized carbons (Fsp3) is 0.938. The van der Waals surface area contributed by atoms with E-state index in [1.54, 1.807) is 0 Å². The van der Waals surface area contributed by atoms with Gasteiger partial charge in [0.1, 0.15) is 0 Å². The van der Waals surface area contributed by atoms with Crippen molar-refractivity contribution in [2.75, 3.05) is 19.7 Å². The lowest BCUT2D eigenvalue weighted by atomic mass is 9.97. The predicted molar refractivity (Wildman–Crippen MR) is 86.4 cm³/mol. The number of urea groups is 1. The van der Waals surface area contributed by atoms with E-state index in [1.807, 2.05) is 6.92 Å². The number of carbonyl (C=O) groups is 1. The van der Waals surface area contributed by atoms with Gasteiger partial charge in [-0.2, -0.15) is 0 Å². The predicted octanol–water partition coefficient (Wildman–Crippen LogP) is 2.10. The van der Waals surface area contributed by atoms with Crippen LogP contribution in [0.15, 0.2) is 0 Å². The third-order valence-electron chi connectivity index (χ3n) is 4.34. The maximum absolute atomic E-state index is 12.1. The van der Waals surface area contributed by atoms with Gasteiger partial charge in [0.05, 0.1) is 12.1 Å². The summed E-state index contributed by atoms with van der Waals surface area (Å²) in [4.78, 5) is 14.5. The normalized spacial score (nSPS) is 20.9. The zero-order valence-corrected chi connectivity index (χ0v) is 14.3. The van der Waals surface area contributed by atoms with Crippen molar-refractivity contribution in [2.24, 2.45) is 0 Å². The molecule has 1 rings (SSSR count). The molecule has 0 aromatic rings. The van der Waals surface area contributed by atoms with E-state index in [1.165, 1.54) is 0 Å². The van der Waals surface area contributed by atoms with Crippen molar-refractivity contribution >= 4 is 6.03 Å². The molecule has 1 saturated heterocycles.